The molecule has 2 atom stereocenters. The molecule has 29 heavy (non-hydrogen) atoms. The highest BCUT2D eigenvalue weighted by atomic mass is 32.2. The van der Waals surface area contributed by atoms with Crippen molar-refractivity contribution in [1.82, 2.24) is 9.88 Å². The molecule has 2 aromatic rings. The van der Waals surface area contributed by atoms with Crippen LogP contribution in [0.15, 0.2) is 47.5 Å². The minimum atomic E-state index is -3.78. The summed E-state index contributed by atoms with van der Waals surface area (Å²) in [5.41, 5.74) is 0.637. The van der Waals surface area contributed by atoms with Gasteiger partial charge in [-0.05, 0) is 54.7 Å². The second-order valence-electron chi connectivity index (χ2n) is 7.70. The number of rotatable bonds is 5. The molecule has 156 valence electrons. The smallest absolute Gasteiger partial charge is 0.272 e. The Morgan fingerprint density at radius 3 is 2.34 bits per heavy atom. The van der Waals surface area contributed by atoms with Gasteiger partial charge in [-0.1, -0.05) is 13.8 Å². The van der Waals surface area contributed by atoms with Crippen LogP contribution in [0.1, 0.15) is 30.8 Å². The van der Waals surface area contributed by atoms with Crippen molar-refractivity contribution >= 4 is 21.6 Å². The predicted octanol–water partition coefficient (Wildman–Crippen LogP) is 3.03. The van der Waals surface area contributed by atoms with E-state index < -0.39 is 10.0 Å². The fraction of sp³-hybridized carbons (Fsp3) is 0.429. The van der Waals surface area contributed by atoms with Crippen molar-refractivity contribution in [2.24, 2.45) is 11.8 Å². The summed E-state index contributed by atoms with van der Waals surface area (Å²) >= 11 is 0. The molecule has 0 aliphatic carbocycles. The molecule has 1 amide bonds. The lowest BCUT2D eigenvalue weighted by molar-refractivity contribution is 0.0617. The van der Waals surface area contributed by atoms with Crippen molar-refractivity contribution in [1.29, 1.82) is 0 Å². The summed E-state index contributed by atoms with van der Waals surface area (Å²) < 4.78 is 32.2. The first-order valence-electron chi connectivity index (χ1n) is 9.60. The average molecular weight is 418 g/mol. The highest BCUT2D eigenvalue weighted by Crippen LogP contribution is 2.26. The molecule has 1 aliphatic heterocycles. The Labute approximate surface area is 172 Å². The SMILES string of the molecule is COc1ccc(S(=O)(=O)N(C)c2ccnc(C(=O)N3CC(C)CC(C)C3)c2)cc1. The normalized spacial score (nSPS) is 19.7. The average Bonchev–Trinajstić information content (AvgIpc) is 2.72. The third-order valence-electron chi connectivity index (χ3n) is 5.20. The number of methoxy groups -OCH3 is 1. The van der Waals surface area contributed by atoms with Crippen molar-refractivity contribution < 1.29 is 17.9 Å². The van der Waals surface area contributed by atoms with E-state index in [1.807, 2.05) is 4.90 Å². The molecule has 1 aliphatic rings. The van der Waals surface area contributed by atoms with Gasteiger partial charge in [0, 0.05) is 26.3 Å². The Kier molecular flexibility index (Phi) is 6.12. The molecule has 3 rings (SSSR count). The van der Waals surface area contributed by atoms with Crippen LogP contribution in [0.5, 0.6) is 5.75 Å². The van der Waals surface area contributed by atoms with Crippen LogP contribution in [0.4, 0.5) is 5.69 Å². The van der Waals surface area contributed by atoms with Gasteiger partial charge in [0.05, 0.1) is 17.7 Å². The Bertz CT molecular complexity index is 966. The van der Waals surface area contributed by atoms with Crippen LogP contribution in [0.25, 0.3) is 0 Å². The van der Waals surface area contributed by atoms with Gasteiger partial charge in [0.1, 0.15) is 11.4 Å². The fourth-order valence-corrected chi connectivity index (χ4v) is 4.95. The fourth-order valence-electron chi connectivity index (χ4n) is 3.77. The summed E-state index contributed by atoms with van der Waals surface area (Å²) in [5, 5.41) is 0. The van der Waals surface area contributed by atoms with Gasteiger partial charge in [-0.2, -0.15) is 0 Å². The van der Waals surface area contributed by atoms with E-state index in [2.05, 4.69) is 18.8 Å². The second kappa shape index (κ2) is 8.41. The Morgan fingerprint density at radius 1 is 1.14 bits per heavy atom. The van der Waals surface area contributed by atoms with E-state index in [1.165, 1.54) is 38.6 Å². The van der Waals surface area contributed by atoms with E-state index in [0.29, 0.717) is 36.4 Å². The van der Waals surface area contributed by atoms with Crippen LogP contribution < -0.4 is 9.04 Å². The molecule has 0 N–H and O–H groups in total. The van der Waals surface area contributed by atoms with E-state index in [1.54, 1.807) is 18.2 Å². The van der Waals surface area contributed by atoms with E-state index in [4.69, 9.17) is 4.74 Å². The molecule has 2 heterocycles. The van der Waals surface area contributed by atoms with Gasteiger partial charge >= 0.3 is 0 Å². The number of nitrogens with zero attached hydrogens (tertiary/aromatic N) is 3. The highest BCUT2D eigenvalue weighted by molar-refractivity contribution is 7.92. The number of piperidine rings is 1. The lowest BCUT2D eigenvalue weighted by Crippen LogP contribution is -2.42. The van der Waals surface area contributed by atoms with E-state index in [-0.39, 0.29) is 16.5 Å². The number of benzene rings is 1. The van der Waals surface area contributed by atoms with Crippen LogP contribution in [0.3, 0.4) is 0 Å². The maximum Gasteiger partial charge on any atom is 0.272 e. The lowest BCUT2D eigenvalue weighted by Gasteiger charge is -2.34. The number of pyridine rings is 1. The van der Waals surface area contributed by atoms with Crippen molar-refractivity contribution in [3.63, 3.8) is 0 Å². The summed E-state index contributed by atoms with van der Waals surface area (Å²) in [5.74, 6) is 1.28. The zero-order valence-corrected chi connectivity index (χ0v) is 18.0. The first-order valence-corrected chi connectivity index (χ1v) is 11.0. The Morgan fingerprint density at radius 2 is 1.76 bits per heavy atom. The van der Waals surface area contributed by atoms with Gasteiger partial charge in [0.2, 0.25) is 0 Å². The Hall–Kier alpha value is -2.61. The van der Waals surface area contributed by atoms with Crippen LogP contribution in [0, 0.1) is 11.8 Å². The number of carbonyl (C=O) groups excluding carboxylic acids is 1. The highest BCUT2D eigenvalue weighted by Gasteiger charge is 2.28. The molecule has 2 unspecified atom stereocenters. The third kappa shape index (κ3) is 4.53. The molecule has 1 fully saturated rings. The number of anilines is 1. The topological polar surface area (TPSA) is 79.8 Å². The largest absolute Gasteiger partial charge is 0.497 e. The quantitative estimate of drug-likeness (QED) is 0.747. The van der Waals surface area contributed by atoms with Gasteiger partial charge in [-0.25, -0.2) is 8.42 Å². The number of likely N-dealkylation sites (tertiary alicyclic amines) is 1. The van der Waals surface area contributed by atoms with Crippen molar-refractivity contribution in [3.8, 4) is 5.75 Å². The number of sulfonamides is 1. The number of carbonyl (C=O) groups is 1. The Balaban J connectivity index is 1.85. The van der Waals surface area contributed by atoms with Gasteiger partial charge in [0.25, 0.3) is 15.9 Å². The monoisotopic (exact) mass is 417 g/mol. The van der Waals surface area contributed by atoms with Crippen molar-refractivity contribution in [3.05, 3.63) is 48.3 Å². The molecular weight excluding hydrogens is 390 g/mol. The molecule has 0 saturated carbocycles. The molecule has 0 spiro atoms. The molecule has 1 aromatic heterocycles. The summed E-state index contributed by atoms with van der Waals surface area (Å²) in [7, 11) is -0.788. The van der Waals surface area contributed by atoms with Crippen LogP contribution in [-0.2, 0) is 10.0 Å². The maximum atomic E-state index is 13.0. The van der Waals surface area contributed by atoms with E-state index in [0.717, 1.165) is 10.7 Å². The maximum absolute atomic E-state index is 13.0. The second-order valence-corrected chi connectivity index (χ2v) is 9.67. The lowest BCUT2D eigenvalue weighted by atomic mass is 9.92. The van der Waals surface area contributed by atoms with Crippen LogP contribution >= 0.6 is 0 Å². The number of hydrogen-bond donors (Lipinski definition) is 0. The molecule has 7 nitrogen and oxygen atoms in total. The zero-order chi connectivity index (χ0) is 21.2. The van der Waals surface area contributed by atoms with Crippen LogP contribution in [0.2, 0.25) is 0 Å². The number of amides is 1. The third-order valence-corrected chi connectivity index (χ3v) is 7.00. The van der Waals surface area contributed by atoms with Gasteiger partial charge in [0.15, 0.2) is 0 Å². The number of aromatic nitrogens is 1. The minimum absolute atomic E-state index is 0.143. The van der Waals surface area contributed by atoms with Gasteiger partial charge in [-0.3, -0.25) is 14.1 Å². The number of hydrogen-bond acceptors (Lipinski definition) is 5. The molecule has 1 saturated heterocycles. The molecule has 0 radical (unpaired) electrons. The van der Waals surface area contributed by atoms with Crippen LogP contribution in [-0.4, -0.2) is 51.5 Å². The first-order chi connectivity index (χ1) is 13.7. The van der Waals surface area contributed by atoms with E-state index in [9.17, 15) is 13.2 Å². The molecule has 1 aromatic carbocycles. The summed E-state index contributed by atoms with van der Waals surface area (Å²) in [6.45, 7) is 5.65. The van der Waals surface area contributed by atoms with Crippen molar-refractivity contribution in [2.75, 3.05) is 31.6 Å². The minimum Gasteiger partial charge on any atom is -0.497 e. The molecular formula is C21H27N3O4S. The molecule has 8 heteroatoms. The first kappa shape index (κ1) is 21.1. The standard InChI is InChI=1S/C21H27N3O4S/c1-15-11-16(2)14-24(13-15)21(25)20-12-17(9-10-22-20)23(3)29(26,27)19-7-5-18(28-4)6-8-19/h5-10,12,15-16H,11,13-14H2,1-4H3. The summed E-state index contributed by atoms with van der Waals surface area (Å²) in [6.07, 6.45) is 2.57. The van der Waals surface area contributed by atoms with Gasteiger partial charge < -0.3 is 9.64 Å². The molecule has 0 bridgehead atoms. The summed E-state index contributed by atoms with van der Waals surface area (Å²) in [4.78, 5) is 19.1. The van der Waals surface area contributed by atoms with E-state index >= 15 is 0 Å². The van der Waals surface area contributed by atoms with Gasteiger partial charge in [-0.15, -0.1) is 0 Å². The van der Waals surface area contributed by atoms with Crippen molar-refractivity contribution in [2.45, 2.75) is 25.2 Å². The predicted molar refractivity (Wildman–Crippen MR) is 112 cm³/mol. The summed E-state index contributed by atoms with van der Waals surface area (Å²) in [6, 6.07) is 9.30. The zero-order valence-electron chi connectivity index (χ0n) is 17.2. The number of ether oxygens (including phenoxy) is 1.